The fourth-order valence-corrected chi connectivity index (χ4v) is 2.63. The molecule has 0 radical (unpaired) electrons. The van der Waals surface area contributed by atoms with E-state index in [4.69, 9.17) is 5.11 Å². The topological polar surface area (TPSA) is 78.3 Å². The van der Waals surface area contributed by atoms with Crippen molar-refractivity contribution in [2.24, 2.45) is 0 Å². The lowest BCUT2D eigenvalue weighted by atomic mass is 10.0. The number of hydrogen-bond donors (Lipinski definition) is 3. The molecule has 3 N–H and O–H groups in total. The van der Waals surface area contributed by atoms with E-state index in [2.05, 4.69) is 15.5 Å². The molecule has 0 saturated carbocycles. The number of aromatic nitrogens is 2. The second kappa shape index (κ2) is 7.17. The summed E-state index contributed by atoms with van der Waals surface area (Å²) in [7, 11) is 0. The molecule has 0 spiro atoms. The van der Waals surface area contributed by atoms with E-state index in [0.29, 0.717) is 35.9 Å². The van der Waals surface area contributed by atoms with Gasteiger partial charge in [-0.3, -0.25) is 0 Å². The van der Waals surface area contributed by atoms with Crippen LogP contribution in [0.15, 0.2) is 42.5 Å². The van der Waals surface area contributed by atoms with Crippen molar-refractivity contribution in [3.63, 3.8) is 0 Å². The maximum atomic E-state index is 12.8. The Labute approximate surface area is 147 Å². The molecular weight excluding hydrogens is 347 g/mol. The van der Waals surface area contributed by atoms with Crippen LogP contribution in [0.5, 0.6) is 5.75 Å². The Morgan fingerprint density at radius 1 is 1.00 bits per heavy atom. The van der Waals surface area contributed by atoms with Gasteiger partial charge in [-0.25, -0.2) is 0 Å². The second-order valence-corrected chi connectivity index (χ2v) is 5.68. The number of nitrogens with one attached hydrogen (secondary N) is 1. The number of hydrogen-bond acceptors (Lipinski definition) is 5. The van der Waals surface area contributed by atoms with Gasteiger partial charge in [0.05, 0.1) is 5.56 Å². The molecule has 0 amide bonds. The van der Waals surface area contributed by atoms with Gasteiger partial charge in [0.2, 0.25) is 0 Å². The number of halogens is 3. The molecule has 3 rings (SSSR count). The summed E-state index contributed by atoms with van der Waals surface area (Å²) in [5.74, 6) is -0.00975. The number of phenolic OH excluding ortho intramolecular Hbond substituents is 1. The van der Waals surface area contributed by atoms with E-state index < -0.39 is 17.5 Å². The van der Waals surface area contributed by atoms with E-state index >= 15 is 0 Å². The summed E-state index contributed by atoms with van der Waals surface area (Å²) in [6.07, 6.45) is -4.00. The third-order valence-corrected chi connectivity index (χ3v) is 3.89. The molecule has 1 heterocycles. The van der Waals surface area contributed by atoms with Crippen molar-refractivity contribution in [1.29, 1.82) is 0 Å². The van der Waals surface area contributed by atoms with Crippen LogP contribution in [-0.2, 0) is 6.18 Å². The number of aliphatic hydroxyl groups excluding tert-OH is 1. The normalized spacial score (nSPS) is 11.7. The Balaban J connectivity index is 2.08. The van der Waals surface area contributed by atoms with Gasteiger partial charge in [0.15, 0.2) is 5.82 Å². The number of phenols is 1. The molecule has 2 aromatic carbocycles. The molecule has 0 bridgehead atoms. The van der Waals surface area contributed by atoms with Crippen molar-refractivity contribution in [2.75, 3.05) is 18.5 Å². The van der Waals surface area contributed by atoms with Crippen LogP contribution in [0, 0.1) is 0 Å². The molecule has 0 atom stereocenters. The summed E-state index contributed by atoms with van der Waals surface area (Å²) in [4.78, 5) is 0. The standard InChI is InChI=1S/C18H16F3N3O2/c19-18(20,21)11-6-7-14(15(26)10-11)16-12-4-1-2-5-13(12)17(24-23-16)22-8-3-9-25/h1-2,4-7,10,25-26H,3,8-9H2,(H,22,24). The van der Waals surface area contributed by atoms with Crippen LogP contribution >= 0.6 is 0 Å². The quantitative estimate of drug-likeness (QED) is 0.601. The van der Waals surface area contributed by atoms with Gasteiger partial charge in [0, 0.05) is 29.5 Å². The Hall–Kier alpha value is -2.87. The van der Waals surface area contributed by atoms with Crippen LogP contribution in [0.25, 0.3) is 22.0 Å². The summed E-state index contributed by atoms with van der Waals surface area (Å²) in [6.45, 7) is 0.538. The largest absolute Gasteiger partial charge is 0.507 e. The first-order chi connectivity index (χ1) is 12.4. The number of alkyl halides is 3. The number of aromatic hydroxyl groups is 1. The lowest BCUT2D eigenvalue weighted by molar-refractivity contribution is -0.137. The van der Waals surface area contributed by atoms with E-state index in [1.54, 1.807) is 24.3 Å². The fourth-order valence-electron chi connectivity index (χ4n) is 2.63. The lowest BCUT2D eigenvalue weighted by Gasteiger charge is -2.13. The average molecular weight is 363 g/mol. The van der Waals surface area contributed by atoms with E-state index in [1.807, 2.05) is 0 Å². The van der Waals surface area contributed by atoms with Crippen molar-refractivity contribution < 1.29 is 23.4 Å². The number of nitrogens with zero attached hydrogens (tertiary/aromatic N) is 2. The Morgan fingerprint density at radius 2 is 1.73 bits per heavy atom. The SMILES string of the molecule is OCCCNc1nnc(-c2ccc(C(F)(F)F)cc2O)c2ccccc12. The van der Waals surface area contributed by atoms with Crippen molar-refractivity contribution in [2.45, 2.75) is 12.6 Å². The summed E-state index contributed by atoms with van der Waals surface area (Å²) < 4.78 is 38.4. The zero-order valence-electron chi connectivity index (χ0n) is 13.6. The number of rotatable bonds is 5. The predicted octanol–water partition coefficient (Wildman–Crippen LogP) is 3.82. The first kappa shape index (κ1) is 17.9. The van der Waals surface area contributed by atoms with Gasteiger partial charge in [-0.2, -0.15) is 13.2 Å². The van der Waals surface area contributed by atoms with Gasteiger partial charge in [-0.15, -0.1) is 10.2 Å². The molecule has 0 fully saturated rings. The van der Waals surface area contributed by atoms with Gasteiger partial charge >= 0.3 is 6.18 Å². The summed E-state index contributed by atoms with van der Waals surface area (Å²) in [5.41, 5.74) is -0.471. The minimum absolute atomic E-state index is 0.0376. The van der Waals surface area contributed by atoms with Gasteiger partial charge in [0.1, 0.15) is 11.4 Å². The molecular formula is C18H16F3N3O2. The highest BCUT2D eigenvalue weighted by atomic mass is 19.4. The number of benzene rings is 2. The Morgan fingerprint density at radius 3 is 2.38 bits per heavy atom. The first-order valence-electron chi connectivity index (χ1n) is 7.92. The number of fused-ring (bicyclic) bond motifs is 1. The van der Waals surface area contributed by atoms with Crippen molar-refractivity contribution >= 4 is 16.6 Å². The maximum Gasteiger partial charge on any atom is 0.416 e. The second-order valence-electron chi connectivity index (χ2n) is 5.68. The Bertz CT molecular complexity index is 929. The molecule has 5 nitrogen and oxygen atoms in total. The zero-order valence-corrected chi connectivity index (χ0v) is 13.6. The van der Waals surface area contributed by atoms with Crippen LogP contribution in [-0.4, -0.2) is 33.6 Å². The summed E-state index contributed by atoms with van der Waals surface area (Å²) >= 11 is 0. The van der Waals surface area contributed by atoms with E-state index in [0.717, 1.165) is 11.5 Å². The first-order valence-corrected chi connectivity index (χ1v) is 7.92. The Kier molecular flexibility index (Phi) is 4.94. The van der Waals surface area contributed by atoms with E-state index in [1.165, 1.54) is 6.07 Å². The molecule has 0 saturated heterocycles. The minimum atomic E-state index is -4.54. The van der Waals surface area contributed by atoms with Crippen molar-refractivity contribution in [3.8, 4) is 17.0 Å². The average Bonchev–Trinajstić information content (AvgIpc) is 2.61. The number of anilines is 1. The highest BCUT2D eigenvalue weighted by Gasteiger charge is 2.31. The molecule has 136 valence electrons. The van der Waals surface area contributed by atoms with Crippen molar-refractivity contribution in [3.05, 3.63) is 48.0 Å². The lowest BCUT2D eigenvalue weighted by Crippen LogP contribution is -2.07. The smallest absolute Gasteiger partial charge is 0.416 e. The molecule has 0 aliphatic heterocycles. The zero-order chi connectivity index (χ0) is 18.7. The van der Waals surface area contributed by atoms with Crippen LogP contribution in [0.1, 0.15) is 12.0 Å². The molecule has 0 aliphatic rings. The molecule has 8 heteroatoms. The van der Waals surface area contributed by atoms with Crippen LogP contribution in [0.3, 0.4) is 0 Å². The van der Waals surface area contributed by atoms with E-state index in [-0.39, 0.29) is 12.2 Å². The van der Waals surface area contributed by atoms with Crippen LogP contribution in [0.4, 0.5) is 19.0 Å². The number of aliphatic hydroxyl groups is 1. The molecule has 1 aromatic heterocycles. The highest BCUT2D eigenvalue weighted by Crippen LogP contribution is 2.38. The minimum Gasteiger partial charge on any atom is -0.507 e. The summed E-state index contributed by atoms with van der Waals surface area (Å²) in [6, 6.07) is 9.90. The van der Waals surface area contributed by atoms with E-state index in [9.17, 15) is 18.3 Å². The van der Waals surface area contributed by atoms with Gasteiger partial charge < -0.3 is 15.5 Å². The molecule has 3 aromatic rings. The highest BCUT2D eigenvalue weighted by molar-refractivity contribution is 6.00. The van der Waals surface area contributed by atoms with Crippen LogP contribution < -0.4 is 5.32 Å². The predicted molar refractivity (Wildman–Crippen MR) is 91.8 cm³/mol. The monoisotopic (exact) mass is 363 g/mol. The fraction of sp³-hybridized carbons (Fsp3) is 0.222. The third-order valence-electron chi connectivity index (χ3n) is 3.89. The van der Waals surface area contributed by atoms with Crippen molar-refractivity contribution in [1.82, 2.24) is 10.2 Å². The third kappa shape index (κ3) is 3.55. The van der Waals surface area contributed by atoms with Gasteiger partial charge in [-0.1, -0.05) is 24.3 Å². The molecule has 26 heavy (non-hydrogen) atoms. The summed E-state index contributed by atoms with van der Waals surface area (Å²) in [5, 5.41) is 31.6. The van der Waals surface area contributed by atoms with Gasteiger partial charge in [0.25, 0.3) is 0 Å². The molecule has 0 aliphatic carbocycles. The van der Waals surface area contributed by atoms with Crippen LogP contribution in [0.2, 0.25) is 0 Å². The molecule has 0 unspecified atom stereocenters. The van der Waals surface area contributed by atoms with Gasteiger partial charge in [-0.05, 0) is 24.6 Å². The maximum absolute atomic E-state index is 12.8.